The smallest absolute Gasteiger partial charge is 0.181 e. The zero-order valence-electron chi connectivity index (χ0n) is 11.6. The molecule has 0 saturated carbocycles. The molecule has 0 N–H and O–H groups in total. The molecule has 4 rings (SSSR count). The number of nitrogens with zero attached hydrogens (tertiary/aromatic N) is 1. The van der Waals surface area contributed by atoms with Crippen LogP contribution in [0.3, 0.4) is 0 Å². The molecule has 0 aromatic heterocycles. The van der Waals surface area contributed by atoms with E-state index < -0.39 is 9.84 Å². The number of rotatable bonds is 3. The molecule has 1 unspecified atom stereocenters. The van der Waals surface area contributed by atoms with Gasteiger partial charge in [-0.05, 0) is 24.3 Å². The summed E-state index contributed by atoms with van der Waals surface area (Å²) in [5.41, 5.74) is 1.23. The van der Waals surface area contributed by atoms with Gasteiger partial charge in [0.05, 0.1) is 10.6 Å². The molecule has 0 bridgehead atoms. The summed E-state index contributed by atoms with van der Waals surface area (Å²) in [6, 6.07) is 12.6. The Bertz CT molecular complexity index is 871. The lowest BCUT2D eigenvalue weighted by atomic mass is 10.2. The molecule has 0 radical (unpaired) electrons. The molecule has 0 aliphatic carbocycles. The zero-order valence-corrected chi connectivity index (χ0v) is 13.2. The van der Waals surface area contributed by atoms with Gasteiger partial charge in [0.25, 0.3) is 0 Å². The summed E-state index contributed by atoms with van der Waals surface area (Å²) < 4.78 is 31.1. The van der Waals surface area contributed by atoms with Crippen LogP contribution in [0.2, 0.25) is 0 Å². The minimum atomic E-state index is -3.36. The predicted octanol–water partition coefficient (Wildman–Crippen LogP) is 3.43. The summed E-state index contributed by atoms with van der Waals surface area (Å²) in [7, 11) is -3.36. The fraction of sp³-hybridized carbons (Fsp3) is 0.188. The van der Waals surface area contributed by atoms with E-state index in [9.17, 15) is 8.42 Å². The first-order valence-electron chi connectivity index (χ1n) is 6.92. The molecule has 0 spiro atoms. The maximum absolute atomic E-state index is 12.6. The van der Waals surface area contributed by atoms with Crippen molar-refractivity contribution in [3.8, 4) is 11.5 Å². The third-order valence-corrected chi connectivity index (χ3v) is 6.60. The lowest BCUT2D eigenvalue weighted by Gasteiger charge is -2.11. The summed E-state index contributed by atoms with van der Waals surface area (Å²) in [6.07, 6.45) is 1.66. The zero-order chi connectivity index (χ0) is 15.2. The quantitative estimate of drug-likeness (QED) is 0.690. The lowest BCUT2D eigenvalue weighted by Crippen LogP contribution is -2.11. The molecule has 4 nitrogen and oxygen atoms in total. The monoisotopic (exact) mass is 331 g/mol. The van der Waals surface area contributed by atoms with Gasteiger partial charge in [0, 0.05) is 22.8 Å². The number of aliphatic imine (C=N–C) groups is 1. The van der Waals surface area contributed by atoms with E-state index in [1.165, 1.54) is 0 Å². The van der Waals surface area contributed by atoms with Gasteiger partial charge >= 0.3 is 0 Å². The molecule has 22 heavy (non-hydrogen) atoms. The van der Waals surface area contributed by atoms with Crippen molar-refractivity contribution >= 4 is 33.5 Å². The summed E-state index contributed by atoms with van der Waals surface area (Å²) in [4.78, 5) is 4.64. The van der Waals surface area contributed by atoms with Crippen LogP contribution in [-0.4, -0.2) is 31.4 Å². The van der Waals surface area contributed by atoms with Crippen LogP contribution in [-0.2, 0) is 9.84 Å². The molecular formula is C16H13NO3S2. The second-order valence-corrected chi connectivity index (χ2v) is 8.57. The topological polar surface area (TPSA) is 55.7 Å². The van der Waals surface area contributed by atoms with E-state index in [4.69, 9.17) is 4.74 Å². The van der Waals surface area contributed by atoms with Gasteiger partial charge < -0.3 is 4.74 Å². The minimum absolute atomic E-state index is 0.163. The van der Waals surface area contributed by atoms with Crippen molar-refractivity contribution in [1.82, 2.24) is 0 Å². The molecule has 2 aromatic carbocycles. The molecule has 2 aromatic rings. The van der Waals surface area contributed by atoms with Crippen LogP contribution in [0.1, 0.15) is 5.56 Å². The fourth-order valence-electron chi connectivity index (χ4n) is 2.39. The minimum Gasteiger partial charge on any atom is -0.454 e. The Labute approximate surface area is 133 Å². The van der Waals surface area contributed by atoms with Gasteiger partial charge in [-0.2, -0.15) is 11.8 Å². The number of para-hydroxylation sites is 2. The third-order valence-electron chi connectivity index (χ3n) is 3.58. The van der Waals surface area contributed by atoms with Crippen molar-refractivity contribution in [2.75, 3.05) is 11.5 Å². The first-order valence-corrected chi connectivity index (χ1v) is 9.62. The van der Waals surface area contributed by atoms with Crippen molar-refractivity contribution < 1.29 is 13.2 Å². The van der Waals surface area contributed by atoms with Crippen LogP contribution in [0, 0.1) is 0 Å². The maximum atomic E-state index is 12.6. The SMILES string of the molecule is O=S(=O)(CC1CS1)c1cccc2c1N=Cc1ccccc1O2. The standard InChI is InChI=1S/C16H13NO3S2/c18-22(19,10-12-9-21-12)15-7-3-6-14-16(15)17-8-11-4-1-2-5-13(11)20-14/h1-8,12H,9-10H2. The number of ether oxygens (including phenoxy) is 1. The van der Waals surface area contributed by atoms with E-state index in [-0.39, 0.29) is 15.9 Å². The van der Waals surface area contributed by atoms with E-state index in [0.717, 1.165) is 11.3 Å². The largest absolute Gasteiger partial charge is 0.454 e. The van der Waals surface area contributed by atoms with Crippen LogP contribution >= 0.6 is 11.8 Å². The summed E-state index contributed by atoms with van der Waals surface area (Å²) in [5, 5.41) is 0.216. The van der Waals surface area contributed by atoms with E-state index >= 15 is 0 Å². The van der Waals surface area contributed by atoms with Crippen LogP contribution in [0.15, 0.2) is 52.4 Å². The van der Waals surface area contributed by atoms with Gasteiger partial charge in [-0.3, -0.25) is 4.99 Å². The molecule has 112 valence electrons. The molecule has 0 amide bonds. The molecule has 6 heteroatoms. The first-order chi connectivity index (χ1) is 10.6. The van der Waals surface area contributed by atoms with Gasteiger partial charge in [0.1, 0.15) is 11.4 Å². The Balaban J connectivity index is 1.83. The van der Waals surface area contributed by atoms with Crippen LogP contribution in [0.4, 0.5) is 5.69 Å². The number of fused-ring (bicyclic) bond motifs is 2. The third kappa shape index (κ3) is 2.53. The fourth-order valence-corrected chi connectivity index (χ4v) is 5.24. The normalized spacial score (nSPS) is 18.8. The average Bonchev–Trinajstić information content (AvgIpc) is 3.31. The van der Waals surface area contributed by atoms with Crippen molar-refractivity contribution in [2.24, 2.45) is 4.99 Å². The molecule has 1 atom stereocenters. The molecule has 1 fully saturated rings. The van der Waals surface area contributed by atoms with E-state index in [0.29, 0.717) is 17.2 Å². The highest BCUT2D eigenvalue weighted by molar-refractivity contribution is 8.08. The number of thioether (sulfide) groups is 1. The van der Waals surface area contributed by atoms with Crippen LogP contribution in [0.25, 0.3) is 0 Å². The van der Waals surface area contributed by atoms with Crippen molar-refractivity contribution in [1.29, 1.82) is 0 Å². The second-order valence-electron chi connectivity index (χ2n) is 5.24. The van der Waals surface area contributed by atoms with Crippen LogP contribution in [0.5, 0.6) is 11.5 Å². The van der Waals surface area contributed by atoms with E-state index in [1.807, 2.05) is 24.3 Å². The van der Waals surface area contributed by atoms with Gasteiger partial charge in [0.15, 0.2) is 15.6 Å². The second kappa shape index (κ2) is 5.14. The predicted molar refractivity (Wildman–Crippen MR) is 88.5 cm³/mol. The van der Waals surface area contributed by atoms with Crippen molar-refractivity contribution in [3.63, 3.8) is 0 Å². The van der Waals surface area contributed by atoms with Crippen molar-refractivity contribution in [3.05, 3.63) is 48.0 Å². The highest BCUT2D eigenvalue weighted by atomic mass is 32.2. The Morgan fingerprint density at radius 2 is 1.91 bits per heavy atom. The maximum Gasteiger partial charge on any atom is 0.181 e. The first kappa shape index (κ1) is 13.8. The van der Waals surface area contributed by atoms with Gasteiger partial charge in [0.2, 0.25) is 0 Å². The Morgan fingerprint density at radius 1 is 1.14 bits per heavy atom. The number of sulfone groups is 1. The lowest BCUT2D eigenvalue weighted by molar-refractivity contribution is 0.483. The molecule has 2 aliphatic rings. The molecular weight excluding hydrogens is 318 g/mol. The Kier molecular flexibility index (Phi) is 3.23. The van der Waals surface area contributed by atoms with E-state index in [1.54, 1.807) is 36.2 Å². The van der Waals surface area contributed by atoms with Gasteiger partial charge in [-0.25, -0.2) is 8.42 Å². The Hall–Kier alpha value is -1.79. The van der Waals surface area contributed by atoms with Crippen molar-refractivity contribution in [2.45, 2.75) is 10.1 Å². The molecule has 1 saturated heterocycles. The molecule has 2 heterocycles. The molecule has 2 aliphatic heterocycles. The van der Waals surface area contributed by atoms with Crippen LogP contribution < -0.4 is 4.74 Å². The summed E-state index contributed by atoms with van der Waals surface area (Å²) >= 11 is 1.67. The van der Waals surface area contributed by atoms with Gasteiger partial charge in [-0.15, -0.1) is 0 Å². The highest BCUT2D eigenvalue weighted by Crippen LogP contribution is 2.42. The Morgan fingerprint density at radius 3 is 2.73 bits per heavy atom. The van der Waals surface area contributed by atoms with Gasteiger partial charge in [-0.1, -0.05) is 18.2 Å². The number of hydrogen-bond donors (Lipinski definition) is 0. The van der Waals surface area contributed by atoms with E-state index in [2.05, 4.69) is 4.99 Å². The number of hydrogen-bond acceptors (Lipinski definition) is 5. The highest BCUT2D eigenvalue weighted by Gasteiger charge is 2.32. The summed E-state index contributed by atoms with van der Waals surface area (Å²) in [6.45, 7) is 0. The average molecular weight is 331 g/mol. The summed E-state index contributed by atoms with van der Waals surface area (Å²) in [5.74, 6) is 2.23. The number of benzene rings is 2.